The van der Waals surface area contributed by atoms with Gasteiger partial charge in [0.05, 0.1) is 6.61 Å². The van der Waals surface area contributed by atoms with Crippen LogP contribution in [0.1, 0.15) is 62.1 Å². The number of halogens is 1. The third-order valence-corrected chi connectivity index (χ3v) is 9.13. The molecule has 4 nitrogen and oxygen atoms in total. The molecule has 3 aromatic carbocycles. The van der Waals surface area contributed by atoms with Crippen LogP contribution in [0.5, 0.6) is 11.5 Å². The highest BCUT2D eigenvalue weighted by Crippen LogP contribution is 2.62. The van der Waals surface area contributed by atoms with Gasteiger partial charge in [-0.05, 0) is 110 Å². The smallest absolute Gasteiger partial charge is 0.328 e. The van der Waals surface area contributed by atoms with Crippen molar-refractivity contribution in [1.29, 1.82) is 0 Å². The normalized spacial score (nSPS) is 25.2. The molecular formula is C34H35ClO4. The highest BCUT2D eigenvalue weighted by Gasteiger charge is 2.52. The van der Waals surface area contributed by atoms with Crippen LogP contribution in [0.4, 0.5) is 0 Å². The van der Waals surface area contributed by atoms with Gasteiger partial charge in [0.1, 0.15) is 18.1 Å². The van der Waals surface area contributed by atoms with Crippen molar-refractivity contribution in [3.05, 3.63) is 88.5 Å². The first-order valence-electron chi connectivity index (χ1n) is 14.1. The van der Waals surface area contributed by atoms with Gasteiger partial charge in [-0.3, -0.25) is 0 Å². The van der Waals surface area contributed by atoms with Crippen molar-refractivity contribution in [3.63, 3.8) is 0 Å². The molecule has 0 unspecified atom stereocenters. The number of carbonyl (C=O) groups is 1. The molecule has 1 N–H and O–H groups in total. The van der Waals surface area contributed by atoms with Gasteiger partial charge >= 0.3 is 5.97 Å². The summed E-state index contributed by atoms with van der Waals surface area (Å²) in [4.78, 5) is 11.3. The van der Waals surface area contributed by atoms with E-state index < -0.39 is 5.97 Å². The second-order valence-electron chi connectivity index (χ2n) is 11.7. The summed E-state index contributed by atoms with van der Waals surface area (Å²) in [5, 5.41) is 9.77. The minimum absolute atomic E-state index is 0.132. The van der Waals surface area contributed by atoms with E-state index >= 15 is 0 Å². The van der Waals surface area contributed by atoms with Gasteiger partial charge in [0, 0.05) is 27.8 Å². The maximum atomic E-state index is 11.3. The quantitative estimate of drug-likeness (QED) is 0.275. The van der Waals surface area contributed by atoms with Crippen molar-refractivity contribution in [2.75, 3.05) is 6.61 Å². The van der Waals surface area contributed by atoms with Crippen molar-refractivity contribution in [2.45, 2.75) is 57.5 Å². The number of aliphatic carboxylic acids is 1. The lowest BCUT2D eigenvalue weighted by atomic mass is 9.48. The molecule has 4 bridgehead atoms. The lowest BCUT2D eigenvalue weighted by Crippen LogP contribution is -2.48. The number of benzene rings is 3. The van der Waals surface area contributed by atoms with Crippen molar-refractivity contribution in [2.24, 2.45) is 17.8 Å². The SMILES string of the molecule is CCOc1c(/C=C/C(=O)O)cc(Cl)cc1-c1ccc(OCc2ccccc2)c(C23CC4CC(CC(C4)C2)C3)c1. The van der Waals surface area contributed by atoms with E-state index in [2.05, 4.69) is 30.3 Å². The summed E-state index contributed by atoms with van der Waals surface area (Å²) < 4.78 is 12.7. The topological polar surface area (TPSA) is 55.8 Å². The Morgan fingerprint density at radius 2 is 1.67 bits per heavy atom. The van der Waals surface area contributed by atoms with Crippen LogP contribution in [0.15, 0.2) is 66.7 Å². The molecule has 0 spiro atoms. The van der Waals surface area contributed by atoms with E-state index in [0.29, 0.717) is 29.5 Å². The van der Waals surface area contributed by atoms with Gasteiger partial charge in [-0.15, -0.1) is 0 Å². The molecule has 5 heteroatoms. The van der Waals surface area contributed by atoms with Crippen LogP contribution in [0, 0.1) is 17.8 Å². The van der Waals surface area contributed by atoms with Crippen molar-refractivity contribution in [3.8, 4) is 22.6 Å². The minimum Gasteiger partial charge on any atom is -0.493 e. The largest absolute Gasteiger partial charge is 0.493 e. The van der Waals surface area contributed by atoms with Gasteiger partial charge in [-0.25, -0.2) is 4.79 Å². The van der Waals surface area contributed by atoms with Crippen LogP contribution >= 0.6 is 11.6 Å². The molecule has 0 atom stereocenters. The Kier molecular flexibility index (Phi) is 7.16. The molecule has 0 aliphatic heterocycles. The molecule has 4 aliphatic carbocycles. The van der Waals surface area contributed by atoms with E-state index in [9.17, 15) is 9.90 Å². The third-order valence-electron chi connectivity index (χ3n) is 8.91. The Balaban J connectivity index is 1.46. The summed E-state index contributed by atoms with van der Waals surface area (Å²) in [5.74, 6) is 3.02. The standard InChI is InChI=1S/C34H35ClO4/c1-2-38-33-27(9-11-32(36)37)15-28(35)17-29(33)26-8-10-31(39-21-22-6-4-3-5-7-22)30(16-26)34-18-23-12-24(19-34)14-25(13-23)20-34/h3-11,15-17,23-25H,2,12-14,18-21H2,1H3,(H,36,37)/b11-9+. The molecule has 39 heavy (non-hydrogen) atoms. The van der Waals surface area contributed by atoms with Crippen molar-refractivity contribution < 1.29 is 19.4 Å². The lowest BCUT2D eigenvalue weighted by Gasteiger charge is -2.57. The van der Waals surface area contributed by atoms with E-state index in [1.54, 1.807) is 12.1 Å². The average Bonchev–Trinajstić information content (AvgIpc) is 2.91. The molecule has 4 fully saturated rings. The first-order valence-corrected chi connectivity index (χ1v) is 14.5. The molecule has 3 aromatic rings. The van der Waals surface area contributed by atoms with Crippen molar-refractivity contribution in [1.82, 2.24) is 0 Å². The number of ether oxygens (including phenoxy) is 2. The monoisotopic (exact) mass is 542 g/mol. The molecule has 0 radical (unpaired) electrons. The molecule has 4 saturated carbocycles. The predicted molar refractivity (Wildman–Crippen MR) is 155 cm³/mol. The van der Waals surface area contributed by atoms with Gasteiger partial charge in [-0.2, -0.15) is 0 Å². The fraction of sp³-hybridized carbons (Fsp3) is 0.382. The zero-order valence-corrected chi connectivity index (χ0v) is 23.1. The maximum Gasteiger partial charge on any atom is 0.328 e. The van der Waals surface area contributed by atoms with Crippen LogP contribution < -0.4 is 9.47 Å². The zero-order valence-electron chi connectivity index (χ0n) is 22.4. The number of hydrogen-bond acceptors (Lipinski definition) is 3. The Bertz CT molecular complexity index is 1360. The molecule has 0 amide bonds. The van der Waals surface area contributed by atoms with E-state index in [0.717, 1.165) is 46.3 Å². The molecule has 0 heterocycles. The zero-order chi connectivity index (χ0) is 27.0. The van der Waals surface area contributed by atoms with Crippen LogP contribution in [0.3, 0.4) is 0 Å². The fourth-order valence-corrected chi connectivity index (χ4v) is 8.06. The maximum absolute atomic E-state index is 11.3. The molecule has 202 valence electrons. The van der Waals surface area contributed by atoms with Gasteiger partial charge in [0.2, 0.25) is 0 Å². The predicted octanol–water partition coefficient (Wildman–Crippen LogP) is 8.55. The Labute approximate surface area is 235 Å². The molecule has 0 saturated heterocycles. The first kappa shape index (κ1) is 26.0. The second-order valence-corrected chi connectivity index (χ2v) is 12.1. The highest BCUT2D eigenvalue weighted by atomic mass is 35.5. The minimum atomic E-state index is -1.01. The summed E-state index contributed by atoms with van der Waals surface area (Å²) in [6.07, 6.45) is 10.5. The van der Waals surface area contributed by atoms with Crippen LogP contribution in [0.25, 0.3) is 17.2 Å². The summed E-state index contributed by atoms with van der Waals surface area (Å²) in [6.45, 7) is 2.93. The molecule has 4 aliphatic rings. The number of carboxylic acids is 1. The highest BCUT2D eigenvalue weighted by molar-refractivity contribution is 6.31. The average molecular weight is 543 g/mol. The third kappa shape index (κ3) is 5.32. The van der Waals surface area contributed by atoms with Gasteiger partial charge in [-0.1, -0.05) is 48.0 Å². The number of rotatable bonds is 9. The van der Waals surface area contributed by atoms with E-state index in [1.165, 1.54) is 44.1 Å². The van der Waals surface area contributed by atoms with Gasteiger partial charge in [0.25, 0.3) is 0 Å². The first-order chi connectivity index (χ1) is 18.9. The second kappa shape index (κ2) is 10.7. The van der Waals surface area contributed by atoms with Crippen LogP contribution in [0.2, 0.25) is 5.02 Å². The van der Waals surface area contributed by atoms with E-state index in [4.69, 9.17) is 21.1 Å². The molecule has 0 aromatic heterocycles. The lowest BCUT2D eigenvalue weighted by molar-refractivity contribution is -0.131. The summed E-state index contributed by atoms with van der Waals surface area (Å²) in [7, 11) is 0. The van der Waals surface area contributed by atoms with E-state index in [-0.39, 0.29) is 5.41 Å². The van der Waals surface area contributed by atoms with E-state index in [1.807, 2.05) is 31.2 Å². The van der Waals surface area contributed by atoms with Gasteiger partial charge in [0.15, 0.2) is 0 Å². The van der Waals surface area contributed by atoms with Gasteiger partial charge < -0.3 is 14.6 Å². The Morgan fingerprint density at radius 1 is 0.974 bits per heavy atom. The van der Waals surface area contributed by atoms with Crippen molar-refractivity contribution >= 4 is 23.6 Å². The molecular weight excluding hydrogens is 508 g/mol. The number of hydrogen-bond donors (Lipinski definition) is 1. The fourth-order valence-electron chi connectivity index (χ4n) is 7.83. The van der Waals surface area contributed by atoms with Crippen LogP contribution in [-0.4, -0.2) is 17.7 Å². The number of carboxylic acid groups (broad SMARTS) is 1. The Hall–Kier alpha value is -3.24. The molecule has 7 rings (SSSR count). The Morgan fingerprint density at radius 3 is 2.31 bits per heavy atom. The summed E-state index contributed by atoms with van der Waals surface area (Å²) in [5.41, 5.74) is 5.13. The summed E-state index contributed by atoms with van der Waals surface area (Å²) >= 11 is 6.57. The summed E-state index contributed by atoms with van der Waals surface area (Å²) in [6, 6.07) is 20.5. The van der Waals surface area contributed by atoms with Crippen LogP contribution in [-0.2, 0) is 16.8 Å².